The molecular formula is C9H19N. The highest BCUT2D eigenvalue weighted by Gasteiger charge is 2.15. The summed E-state index contributed by atoms with van der Waals surface area (Å²) in [5, 5.41) is 3.22. The molecule has 0 heterocycles. The summed E-state index contributed by atoms with van der Waals surface area (Å²) >= 11 is 0. The normalized spacial score (nSPS) is 11.7. The van der Waals surface area contributed by atoms with E-state index in [4.69, 9.17) is 0 Å². The number of nitrogens with one attached hydrogen (secondary N) is 1. The Morgan fingerprint density at radius 1 is 1.50 bits per heavy atom. The molecule has 0 saturated heterocycles. The minimum absolute atomic E-state index is 0.204. The molecule has 0 rings (SSSR count). The summed E-state index contributed by atoms with van der Waals surface area (Å²) in [5.41, 5.74) is 0.204. The van der Waals surface area contributed by atoms with Crippen molar-refractivity contribution in [2.24, 2.45) is 5.92 Å². The molecule has 1 heteroatoms. The van der Waals surface area contributed by atoms with Gasteiger partial charge in [-0.2, -0.15) is 0 Å². The lowest BCUT2D eigenvalue weighted by Gasteiger charge is -2.26. The maximum atomic E-state index is 3.64. The van der Waals surface area contributed by atoms with E-state index in [1.807, 2.05) is 0 Å². The molecule has 1 N–H and O–H groups in total. The lowest BCUT2D eigenvalue weighted by atomic mass is 9.93. The molecule has 0 unspecified atom stereocenters. The van der Waals surface area contributed by atoms with Gasteiger partial charge in [-0.15, -0.1) is 0 Å². The number of hydrogen-bond donors (Lipinski definition) is 1. The van der Waals surface area contributed by atoms with E-state index in [1.54, 1.807) is 6.20 Å². The monoisotopic (exact) mass is 141 g/mol. The standard InChI is InChI=1S/C9H19N/c1-6-10-9(4,5)7-8(2)3/h6,8,10H,1,7H2,2-5H3. The molecule has 0 aromatic carbocycles. The van der Waals surface area contributed by atoms with Gasteiger partial charge < -0.3 is 5.32 Å². The maximum absolute atomic E-state index is 3.64. The Labute approximate surface area is 64.5 Å². The third kappa shape index (κ3) is 4.42. The third-order valence-electron chi connectivity index (χ3n) is 1.41. The van der Waals surface area contributed by atoms with Gasteiger partial charge in [-0.25, -0.2) is 0 Å². The lowest BCUT2D eigenvalue weighted by molar-refractivity contribution is 0.353. The molecule has 0 aliphatic carbocycles. The van der Waals surface area contributed by atoms with E-state index >= 15 is 0 Å². The van der Waals surface area contributed by atoms with Crippen LogP contribution in [0.4, 0.5) is 0 Å². The molecule has 10 heavy (non-hydrogen) atoms. The van der Waals surface area contributed by atoms with Gasteiger partial charge in [0, 0.05) is 5.54 Å². The van der Waals surface area contributed by atoms with Crippen LogP contribution in [0, 0.1) is 5.92 Å². The Kier molecular flexibility index (Phi) is 3.48. The summed E-state index contributed by atoms with van der Waals surface area (Å²) in [6.45, 7) is 12.5. The van der Waals surface area contributed by atoms with E-state index in [0.717, 1.165) is 5.92 Å². The summed E-state index contributed by atoms with van der Waals surface area (Å²) in [6, 6.07) is 0. The molecule has 0 aromatic rings. The van der Waals surface area contributed by atoms with Gasteiger partial charge in [-0.3, -0.25) is 0 Å². The molecule has 60 valence electrons. The Balaban J connectivity index is 3.73. The van der Waals surface area contributed by atoms with E-state index in [9.17, 15) is 0 Å². The van der Waals surface area contributed by atoms with E-state index in [1.165, 1.54) is 6.42 Å². The first-order valence-electron chi connectivity index (χ1n) is 3.86. The van der Waals surface area contributed by atoms with Gasteiger partial charge in [-0.05, 0) is 32.4 Å². The predicted octanol–water partition coefficient (Wildman–Crippen LogP) is 2.54. The zero-order chi connectivity index (χ0) is 8.20. The van der Waals surface area contributed by atoms with Crippen LogP contribution in [0.25, 0.3) is 0 Å². The van der Waals surface area contributed by atoms with Crippen molar-refractivity contribution in [2.45, 2.75) is 39.7 Å². The maximum Gasteiger partial charge on any atom is 0.0314 e. The van der Waals surface area contributed by atoms with E-state index in [2.05, 4.69) is 39.6 Å². The van der Waals surface area contributed by atoms with Gasteiger partial charge in [0.15, 0.2) is 0 Å². The molecule has 0 aromatic heterocycles. The zero-order valence-corrected chi connectivity index (χ0v) is 7.57. The van der Waals surface area contributed by atoms with Gasteiger partial charge in [0.2, 0.25) is 0 Å². The summed E-state index contributed by atoms with van der Waals surface area (Å²) in [6.07, 6.45) is 2.95. The fraction of sp³-hybridized carbons (Fsp3) is 0.778. The first-order chi connectivity index (χ1) is 4.48. The zero-order valence-electron chi connectivity index (χ0n) is 7.57. The smallest absolute Gasteiger partial charge is 0.0314 e. The van der Waals surface area contributed by atoms with Crippen LogP contribution in [-0.2, 0) is 0 Å². The molecule has 1 nitrogen and oxygen atoms in total. The van der Waals surface area contributed by atoms with Crippen LogP contribution in [0.15, 0.2) is 12.8 Å². The summed E-state index contributed by atoms with van der Waals surface area (Å²) in [4.78, 5) is 0. The topological polar surface area (TPSA) is 12.0 Å². The van der Waals surface area contributed by atoms with Gasteiger partial charge in [0.05, 0.1) is 0 Å². The molecule has 0 bridgehead atoms. The highest BCUT2D eigenvalue weighted by atomic mass is 14.9. The van der Waals surface area contributed by atoms with E-state index in [-0.39, 0.29) is 5.54 Å². The van der Waals surface area contributed by atoms with Crippen LogP contribution in [0.3, 0.4) is 0 Å². The van der Waals surface area contributed by atoms with Gasteiger partial charge in [0.25, 0.3) is 0 Å². The van der Waals surface area contributed by atoms with E-state index < -0.39 is 0 Å². The van der Waals surface area contributed by atoms with Crippen LogP contribution in [0.2, 0.25) is 0 Å². The van der Waals surface area contributed by atoms with Crippen molar-refractivity contribution in [3.8, 4) is 0 Å². The van der Waals surface area contributed by atoms with Crippen molar-refractivity contribution in [1.82, 2.24) is 5.32 Å². The van der Waals surface area contributed by atoms with Crippen molar-refractivity contribution in [1.29, 1.82) is 0 Å². The summed E-state index contributed by atoms with van der Waals surface area (Å²) in [5.74, 6) is 0.738. The predicted molar refractivity (Wildman–Crippen MR) is 46.9 cm³/mol. The second-order valence-electron chi connectivity index (χ2n) is 3.83. The lowest BCUT2D eigenvalue weighted by Crippen LogP contribution is -2.36. The van der Waals surface area contributed by atoms with Crippen LogP contribution >= 0.6 is 0 Å². The van der Waals surface area contributed by atoms with Gasteiger partial charge >= 0.3 is 0 Å². The van der Waals surface area contributed by atoms with Crippen molar-refractivity contribution in [3.63, 3.8) is 0 Å². The average Bonchev–Trinajstić information content (AvgIpc) is 1.59. The Morgan fingerprint density at radius 2 is 2.00 bits per heavy atom. The second-order valence-corrected chi connectivity index (χ2v) is 3.83. The van der Waals surface area contributed by atoms with E-state index in [0.29, 0.717) is 0 Å². The molecule has 0 aliphatic rings. The minimum atomic E-state index is 0.204. The van der Waals surface area contributed by atoms with Crippen LogP contribution in [0.5, 0.6) is 0 Å². The minimum Gasteiger partial charge on any atom is -0.386 e. The molecule has 0 amide bonds. The molecule has 0 saturated carbocycles. The van der Waals surface area contributed by atoms with Crippen molar-refractivity contribution < 1.29 is 0 Å². The average molecular weight is 141 g/mol. The first kappa shape index (κ1) is 9.54. The van der Waals surface area contributed by atoms with Crippen LogP contribution in [-0.4, -0.2) is 5.54 Å². The third-order valence-corrected chi connectivity index (χ3v) is 1.41. The molecular weight excluding hydrogens is 122 g/mol. The molecule has 0 spiro atoms. The van der Waals surface area contributed by atoms with Crippen molar-refractivity contribution >= 4 is 0 Å². The Morgan fingerprint density at radius 3 is 2.30 bits per heavy atom. The SMILES string of the molecule is C=CNC(C)(C)CC(C)C. The van der Waals surface area contributed by atoms with Gasteiger partial charge in [0.1, 0.15) is 0 Å². The van der Waals surface area contributed by atoms with Crippen molar-refractivity contribution in [2.75, 3.05) is 0 Å². The van der Waals surface area contributed by atoms with Crippen LogP contribution in [0.1, 0.15) is 34.1 Å². The highest BCUT2D eigenvalue weighted by Crippen LogP contribution is 2.14. The first-order valence-corrected chi connectivity index (χ1v) is 3.86. The Bertz CT molecular complexity index is 103. The van der Waals surface area contributed by atoms with Crippen LogP contribution < -0.4 is 5.32 Å². The second kappa shape index (κ2) is 3.65. The molecule has 0 radical (unpaired) electrons. The fourth-order valence-corrected chi connectivity index (χ4v) is 1.36. The highest BCUT2D eigenvalue weighted by molar-refractivity contribution is 4.83. The van der Waals surface area contributed by atoms with Crippen molar-refractivity contribution in [3.05, 3.63) is 12.8 Å². The quantitative estimate of drug-likeness (QED) is 0.634. The number of hydrogen-bond acceptors (Lipinski definition) is 1. The summed E-state index contributed by atoms with van der Waals surface area (Å²) < 4.78 is 0. The largest absolute Gasteiger partial charge is 0.386 e. The summed E-state index contributed by atoms with van der Waals surface area (Å²) in [7, 11) is 0. The number of rotatable bonds is 4. The van der Waals surface area contributed by atoms with Gasteiger partial charge in [-0.1, -0.05) is 20.4 Å². The molecule has 0 aliphatic heterocycles. The fourth-order valence-electron chi connectivity index (χ4n) is 1.36. The molecule has 0 fully saturated rings. The Hall–Kier alpha value is -0.460. The molecule has 0 atom stereocenters.